The van der Waals surface area contributed by atoms with E-state index in [0.29, 0.717) is 24.4 Å². The third-order valence-corrected chi connectivity index (χ3v) is 6.02. The lowest BCUT2D eigenvalue weighted by molar-refractivity contribution is -0.127. The van der Waals surface area contributed by atoms with Gasteiger partial charge in [-0.3, -0.25) is 9.59 Å². The summed E-state index contributed by atoms with van der Waals surface area (Å²) >= 11 is 0. The van der Waals surface area contributed by atoms with Gasteiger partial charge in [0, 0.05) is 18.7 Å². The number of amides is 2. The first-order valence-electron chi connectivity index (χ1n) is 11.5. The van der Waals surface area contributed by atoms with E-state index >= 15 is 0 Å². The summed E-state index contributed by atoms with van der Waals surface area (Å²) in [6.07, 6.45) is 0.161. The van der Waals surface area contributed by atoms with E-state index in [9.17, 15) is 9.59 Å². The van der Waals surface area contributed by atoms with E-state index in [1.54, 1.807) is 6.92 Å². The van der Waals surface area contributed by atoms with Crippen molar-refractivity contribution in [3.8, 4) is 5.75 Å². The van der Waals surface area contributed by atoms with Gasteiger partial charge in [0.2, 0.25) is 0 Å². The van der Waals surface area contributed by atoms with Crippen molar-refractivity contribution in [3.05, 3.63) is 101 Å². The number of benzene rings is 3. The molecule has 0 bridgehead atoms. The number of carbonyl (C=O) groups is 2. The Kier molecular flexibility index (Phi) is 6.78. The van der Waals surface area contributed by atoms with E-state index < -0.39 is 6.10 Å². The molecule has 1 N–H and O–H groups in total. The summed E-state index contributed by atoms with van der Waals surface area (Å²) in [6, 6.07) is 23.4. The molecule has 2 amide bonds. The number of ether oxygens (including phenoxy) is 1. The van der Waals surface area contributed by atoms with Crippen LogP contribution in [-0.2, 0) is 11.2 Å². The van der Waals surface area contributed by atoms with Crippen LogP contribution < -0.4 is 10.1 Å². The van der Waals surface area contributed by atoms with E-state index in [0.717, 1.165) is 23.1 Å². The zero-order chi connectivity index (χ0) is 23.4. The molecular formula is C28H30N2O3. The molecule has 170 valence electrons. The molecule has 5 heteroatoms. The van der Waals surface area contributed by atoms with Gasteiger partial charge >= 0.3 is 0 Å². The maximum Gasteiger partial charge on any atom is 0.260 e. The van der Waals surface area contributed by atoms with Gasteiger partial charge in [0.15, 0.2) is 6.10 Å². The average Bonchev–Trinajstić information content (AvgIpc) is 2.83. The van der Waals surface area contributed by atoms with Crippen LogP contribution >= 0.6 is 0 Å². The van der Waals surface area contributed by atoms with Crippen LogP contribution in [0.4, 0.5) is 0 Å². The number of rotatable bonds is 6. The SMILES string of the molecule is CCNC(=O)[C@H](C)Oc1ccc2c(c1)[C@H](c1cccc(C)c1)N(C(=O)c1ccccc1)CC2. The molecule has 0 aromatic heterocycles. The Labute approximate surface area is 195 Å². The third-order valence-electron chi connectivity index (χ3n) is 6.02. The molecule has 1 heterocycles. The van der Waals surface area contributed by atoms with Gasteiger partial charge in [0.05, 0.1) is 6.04 Å². The quantitative estimate of drug-likeness (QED) is 0.603. The molecule has 5 nitrogen and oxygen atoms in total. The number of fused-ring (bicyclic) bond motifs is 1. The molecule has 0 fully saturated rings. The van der Waals surface area contributed by atoms with Gasteiger partial charge in [0.1, 0.15) is 5.75 Å². The highest BCUT2D eigenvalue weighted by atomic mass is 16.5. The summed E-state index contributed by atoms with van der Waals surface area (Å²) < 4.78 is 5.97. The van der Waals surface area contributed by atoms with Crippen molar-refractivity contribution < 1.29 is 14.3 Å². The van der Waals surface area contributed by atoms with E-state index in [4.69, 9.17) is 4.74 Å². The Morgan fingerprint density at radius 1 is 1.06 bits per heavy atom. The normalized spacial score (nSPS) is 16.0. The van der Waals surface area contributed by atoms with Gasteiger partial charge in [-0.2, -0.15) is 0 Å². The van der Waals surface area contributed by atoms with Crippen LogP contribution in [0.3, 0.4) is 0 Å². The maximum absolute atomic E-state index is 13.5. The highest BCUT2D eigenvalue weighted by Gasteiger charge is 2.33. The lowest BCUT2D eigenvalue weighted by Crippen LogP contribution is -2.40. The zero-order valence-corrected chi connectivity index (χ0v) is 19.4. The molecule has 4 rings (SSSR count). The first kappa shape index (κ1) is 22.6. The average molecular weight is 443 g/mol. The Morgan fingerprint density at radius 2 is 1.85 bits per heavy atom. The summed E-state index contributed by atoms with van der Waals surface area (Å²) in [5, 5.41) is 2.79. The predicted octanol–water partition coefficient (Wildman–Crippen LogP) is 4.69. The first-order chi connectivity index (χ1) is 16.0. The van der Waals surface area contributed by atoms with Crippen LogP contribution in [0.1, 0.15) is 52.5 Å². The molecule has 0 spiro atoms. The molecule has 1 aliphatic rings. The fourth-order valence-corrected chi connectivity index (χ4v) is 4.41. The van der Waals surface area contributed by atoms with Crippen LogP contribution in [0.5, 0.6) is 5.75 Å². The topological polar surface area (TPSA) is 58.6 Å². The van der Waals surface area contributed by atoms with Crippen molar-refractivity contribution >= 4 is 11.8 Å². The molecule has 0 radical (unpaired) electrons. The van der Waals surface area contributed by atoms with Crippen LogP contribution in [0.15, 0.2) is 72.8 Å². The zero-order valence-electron chi connectivity index (χ0n) is 19.4. The van der Waals surface area contributed by atoms with Gasteiger partial charge in [-0.15, -0.1) is 0 Å². The molecule has 3 aromatic rings. The Hall–Kier alpha value is -3.60. The summed E-state index contributed by atoms with van der Waals surface area (Å²) in [5.41, 5.74) is 5.11. The second-order valence-electron chi connectivity index (χ2n) is 8.45. The lowest BCUT2D eigenvalue weighted by Gasteiger charge is -2.38. The van der Waals surface area contributed by atoms with Crippen molar-refractivity contribution in [2.45, 2.75) is 39.3 Å². The molecule has 0 aliphatic carbocycles. The molecule has 1 aliphatic heterocycles. The molecule has 33 heavy (non-hydrogen) atoms. The fourth-order valence-electron chi connectivity index (χ4n) is 4.41. The Balaban J connectivity index is 1.74. The van der Waals surface area contributed by atoms with Crippen LogP contribution in [0, 0.1) is 6.92 Å². The highest BCUT2D eigenvalue weighted by Crippen LogP contribution is 2.38. The smallest absolute Gasteiger partial charge is 0.260 e. The standard InChI is InChI=1S/C28H30N2O3/c1-4-29-27(31)20(3)33-24-14-13-21-15-16-30(28(32)22-10-6-5-7-11-22)26(25(21)18-24)23-12-8-9-19(2)17-23/h5-14,17-18,20,26H,4,15-16H2,1-3H3,(H,29,31)/t20-,26-/m0/s1. The van der Waals surface area contributed by atoms with E-state index in [-0.39, 0.29) is 17.9 Å². The number of hydrogen-bond acceptors (Lipinski definition) is 3. The molecule has 0 saturated carbocycles. The molecular weight excluding hydrogens is 412 g/mol. The Morgan fingerprint density at radius 3 is 2.58 bits per heavy atom. The number of carbonyl (C=O) groups excluding carboxylic acids is 2. The van der Waals surface area contributed by atoms with Crippen molar-refractivity contribution in [3.63, 3.8) is 0 Å². The van der Waals surface area contributed by atoms with Gasteiger partial charge in [0.25, 0.3) is 11.8 Å². The van der Waals surface area contributed by atoms with Crippen LogP contribution in [-0.4, -0.2) is 35.9 Å². The van der Waals surface area contributed by atoms with Crippen molar-refractivity contribution in [2.75, 3.05) is 13.1 Å². The molecule has 3 aromatic carbocycles. The van der Waals surface area contributed by atoms with Crippen molar-refractivity contribution in [1.29, 1.82) is 0 Å². The molecule has 0 unspecified atom stereocenters. The maximum atomic E-state index is 13.5. The van der Waals surface area contributed by atoms with Crippen molar-refractivity contribution in [2.24, 2.45) is 0 Å². The second kappa shape index (κ2) is 9.90. The van der Waals surface area contributed by atoms with E-state index in [2.05, 4.69) is 36.5 Å². The predicted molar refractivity (Wildman–Crippen MR) is 129 cm³/mol. The Bertz CT molecular complexity index is 1140. The number of hydrogen-bond donors (Lipinski definition) is 1. The van der Waals surface area contributed by atoms with Crippen LogP contribution in [0.2, 0.25) is 0 Å². The minimum absolute atomic E-state index is 0.00905. The summed E-state index contributed by atoms with van der Waals surface area (Å²) in [5.74, 6) is 0.486. The van der Waals surface area contributed by atoms with Crippen LogP contribution in [0.25, 0.3) is 0 Å². The summed E-state index contributed by atoms with van der Waals surface area (Å²) in [6.45, 7) is 6.88. The summed E-state index contributed by atoms with van der Waals surface area (Å²) in [7, 11) is 0. The fraction of sp³-hybridized carbons (Fsp3) is 0.286. The number of nitrogens with one attached hydrogen (secondary N) is 1. The third kappa shape index (κ3) is 4.92. The lowest BCUT2D eigenvalue weighted by atomic mass is 9.87. The molecule has 0 saturated heterocycles. The van der Waals surface area contributed by atoms with Gasteiger partial charge in [-0.05, 0) is 68.1 Å². The van der Waals surface area contributed by atoms with Crippen molar-refractivity contribution in [1.82, 2.24) is 10.2 Å². The summed E-state index contributed by atoms with van der Waals surface area (Å²) in [4.78, 5) is 27.7. The van der Waals surface area contributed by atoms with Gasteiger partial charge in [-0.25, -0.2) is 0 Å². The minimum atomic E-state index is -0.605. The van der Waals surface area contributed by atoms with E-state index in [1.807, 2.05) is 60.4 Å². The largest absolute Gasteiger partial charge is 0.481 e. The number of aryl methyl sites for hydroxylation is 1. The highest BCUT2D eigenvalue weighted by molar-refractivity contribution is 5.95. The monoisotopic (exact) mass is 442 g/mol. The second-order valence-corrected chi connectivity index (χ2v) is 8.45. The van der Waals surface area contributed by atoms with Gasteiger partial charge in [-0.1, -0.05) is 54.1 Å². The number of likely N-dealkylation sites (N-methyl/N-ethyl adjacent to an activating group) is 1. The number of nitrogens with zero attached hydrogens (tertiary/aromatic N) is 1. The van der Waals surface area contributed by atoms with Gasteiger partial charge < -0.3 is 15.0 Å². The molecule has 2 atom stereocenters. The van der Waals surface area contributed by atoms with E-state index in [1.165, 1.54) is 5.56 Å². The minimum Gasteiger partial charge on any atom is -0.481 e. The first-order valence-corrected chi connectivity index (χ1v) is 11.5.